The minimum absolute atomic E-state index is 0.00912. The summed E-state index contributed by atoms with van der Waals surface area (Å²) in [6, 6.07) is 2.90. The Labute approximate surface area is 162 Å². The van der Waals surface area contributed by atoms with Crippen LogP contribution >= 0.6 is 0 Å². The van der Waals surface area contributed by atoms with Crippen molar-refractivity contribution in [2.24, 2.45) is 5.92 Å². The normalized spacial score (nSPS) is 30.5. The van der Waals surface area contributed by atoms with Crippen molar-refractivity contribution in [2.75, 3.05) is 7.11 Å². The van der Waals surface area contributed by atoms with Crippen LogP contribution in [0.3, 0.4) is 0 Å². The molecule has 1 aliphatic carbocycles. The monoisotopic (exact) mass is 388 g/mol. The molecular weight excluding hydrogens is 364 g/mol. The maximum absolute atomic E-state index is 12.8. The highest BCUT2D eigenvalue weighted by atomic mass is 16.5. The molecule has 150 valence electrons. The number of fused-ring (bicyclic) bond motifs is 2. The van der Waals surface area contributed by atoms with E-state index in [1.54, 1.807) is 12.1 Å². The van der Waals surface area contributed by atoms with Gasteiger partial charge in [-0.05, 0) is 43.4 Å². The van der Waals surface area contributed by atoms with Gasteiger partial charge >= 0.3 is 5.97 Å². The second-order valence-electron chi connectivity index (χ2n) is 7.06. The quantitative estimate of drug-likeness (QED) is 0.631. The highest BCUT2D eigenvalue weighted by molar-refractivity contribution is 5.97. The van der Waals surface area contributed by atoms with Gasteiger partial charge in [-0.1, -0.05) is 18.2 Å². The molecule has 7 nitrogen and oxygen atoms in total. The summed E-state index contributed by atoms with van der Waals surface area (Å²) in [6.07, 6.45) is 4.84. The number of rotatable bonds is 1. The van der Waals surface area contributed by atoms with E-state index in [0.29, 0.717) is 17.7 Å². The van der Waals surface area contributed by atoms with E-state index in [0.717, 1.165) is 12.8 Å². The number of ether oxygens (including phenoxy) is 2. The zero-order valence-electron chi connectivity index (χ0n) is 15.6. The number of benzene rings is 1. The van der Waals surface area contributed by atoms with E-state index in [1.807, 2.05) is 0 Å². The molecule has 0 spiro atoms. The van der Waals surface area contributed by atoms with Gasteiger partial charge in [-0.3, -0.25) is 4.79 Å². The van der Waals surface area contributed by atoms with Gasteiger partial charge in [0, 0.05) is 12.0 Å². The fourth-order valence-electron chi connectivity index (χ4n) is 3.58. The lowest BCUT2D eigenvalue weighted by molar-refractivity contribution is -0.127. The zero-order chi connectivity index (χ0) is 20.3. The van der Waals surface area contributed by atoms with Crippen molar-refractivity contribution in [3.63, 3.8) is 0 Å². The van der Waals surface area contributed by atoms with Crippen LogP contribution in [-0.4, -0.2) is 52.5 Å². The first-order valence-electron chi connectivity index (χ1n) is 9.27. The van der Waals surface area contributed by atoms with Gasteiger partial charge in [0.05, 0.1) is 13.2 Å². The van der Waals surface area contributed by atoms with Gasteiger partial charge in [-0.2, -0.15) is 0 Å². The predicted molar refractivity (Wildman–Crippen MR) is 101 cm³/mol. The van der Waals surface area contributed by atoms with Crippen molar-refractivity contribution in [2.45, 2.75) is 44.0 Å². The number of carbonyl (C=O) groups is 2. The third-order valence-electron chi connectivity index (χ3n) is 5.16. The average Bonchev–Trinajstić information content (AvgIpc) is 3.10. The molecule has 1 heterocycles. The fourth-order valence-corrected chi connectivity index (χ4v) is 3.58. The smallest absolute Gasteiger partial charge is 0.342 e. The van der Waals surface area contributed by atoms with Gasteiger partial charge < -0.3 is 24.8 Å². The number of hydrogen-bond donors (Lipinski definition) is 3. The summed E-state index contributed by atoms with van der Waals surface area (Å²) in [5, 5.41) is 30.5. The summed E-state index contributed by atoms with van der Waals surface area (Å²) < 4.78 is 10.8. The van der Waals surface area contributed by atoms with E-state index in [9.17, 15) is 24.9 Å². The zero-order valence-corrected chi connectivity index (χ0v) is 15.6. The molecule has 7 heteroatoms. The Morgan fingerprint density at radius 3 is 2.68 bits per heavy atom. The molecule has 0 radical (unpaired) electrons. The average molecular weight is 388 g/mol. The molecule has 4 atom stereocenters. The van der Waals surface area contributed by atoms with Crippen LogP contribution in [0.1, 0.15) is 41.6 Å². The van der Waals surface area contributed by atoms with Crippen molar-refractivity contribution in [1.29, 1.82) is 0 Å². The van der Waals surface area contributed by atoms with Gasteiger partial charge in [0.1, 0.15) is 29.3 Å². The number of aromatic hydroxyl groups is 1. The lowest BCUT2D eigenvalue weighted by atomic mass is 9.99. The SMILES string of the molecule is COc1cc(O)c2c(c1)/C=C/C[C@@H](O)[C@@H](O)C(=O)/C=C\[C@H]1CCCC1OC2=O. The first-order chi connectivity index (χ1) is 13.4. The first kappa shape index (κ1) is 20.1. The summed E-state index contributed by atoms with van der Waals surface area (Å²) in [6.45, 7) is 0. The van der Waals surface area contributed by atoms with E-state index in [-0.39, 0.29) is 23.7 Å². The van der Waals surface area contributed by atoms with Crippen molar-refractivity contribution in [1.82, 2.24) is 0 Å². The van der Waals surface area contributed by atoms with Crippen molar-refractivity contribution >= 4 is 17.8 Å². The number of carbonyl (C=O) groups excluding carboxylic acids is 2. The number of phenolic OH excluding ortho intramolecular Hbond substituents is 1. The van der Waals surface area contributed by atoms with Crippen LogP contribution in [0.4, 0.5) is 0 Å². The summed E-state index contributed by atoms with van der Waals surface area (Å²) >= 11 is 0. The van der Waals surface area contributed by atoms with Crippen LogP contribution in [0.2, 0.25) is 0 Å². The molecule has 3 rings (SSSR count). The molecular formula is C21H24O7. The second-order valence-corrected chi connectivity index (χ2v) is 7.06. The second kappa shape index (κ2) is 8.58. The van der Waals surface area contributed by atoms with Gasteiger partial charge in [-0.15, -0.1) is 0 Å². The molecule has 1 aromatic rings. The number of phenols is 1. The topological polar surface area (TPSA) is 113 Å². The number of hydrogen-bond acceptors (Lipinski definition) is 7. The standard InChI is InChI=1S/C21H24O7/c1-27-14-10-13-5-2-6-15(22)20(25)16(23)9-8-12-4-3-7-18(12)28-21(26)19(13)17(24)11-14/h2,5,8-12,15,18,20,22,24-25H,3-4,6-7H2,1H3/b5-2+,9-8-/t12-,15-,18?,20-/m1/s1. The minimum atomic E-state index is -1.54. The predicted octanol–water partition coefficient (Wildman–Crippen LogP) is 1.99. The Morgan fingerprint density at radius 2 is 1.93 bits per heavy atom. The van der Waals surface area contributed by atoms with E-state index in [4.69, 9.17) is 9.47 Å². The Hall–Kier alpha value is -2.64. The lowest BCUT2D eigenvalue weighted by Crippen LogP contribution is -2.32. The molecule has 3 N–H and O–H groups in total. The summed E-state index contributed by atoms with van der Waals surface area (Å²) in [4.78, 5) is 24.9. The third kappa shape index (κ3) is 4.26. The van der Waals surface area contributed by atoms with Crippen molar-refractivity contribution < 1.29 is 34.4 Å². The van der Waals surface area contributed by atoms with Crippen molar-refractivity contribution in [3.05, 3.63) is 41.5 Å². The van der Waals surface area contributed by atoms with Crippen LogP contribution in [0.25, 0.3) is 6.08 Å². The molecule has 1 fully saturated rings. The van der Waals surface area contributed by atoms with Crippen LogP contribution in [0.5, 0.6) is 11.5 Å². The lowest BCUT2D eigenvalue weighted by Gasteiger charge is -2.20. The number of aliphatic hydroxyl groups is 2. The van der Waals surface area contributed by atoms with Crippen molar-refractivity contribution in [3.8, 4) is 11.5 Å². The minimum Gasteiger partial charge on any atom is -0.507 e. The summed E-state index contributed by atoms with van der Waals surface area (Å²) in [5.74, 6) is -1.33. The molecule has 0 bridgehead atoms. The molecule has 1 unspecified atom stereocenters. The van der Waals surface area contributed by atoms with E-state index >= 15 is 0 Å². The number of methoxy groups -OCH3 is 1. The van der Waals surface area contributed by atoms with Gasteiger partial charge in [0.15, 0.2) is 5.78 Å². The van der Waals surface area contributed by atoms with Crippen LogP contribution in [0.15, 0.2) is 30.4 Å². The number of aliphatic hydroxyl groups excluding tert-OH is 2. The molecule has 1 saturated carbocycles. The van der Waals surface area contributed by atoms with Gasteiger partial charge in [0.25, 0.3) is 0 Å². The van der Waals surface area contributed by atoms with E-state index in [1.165, 1.54) is 31.4 Å². The molecule has 1 aromatic carbocycles. The first-order valence-corrected chi connectivity index (χ1v) is 9.27. The Kier molecular flexibility index (Phi) is 6.16. The largest absolute Gasteiger partial charge is 0.507 e. The molecule has 2 aliphatic rings. The Morgan fingerprint density at radius 1 is 1.14 bits per heavy atom. The van der Waals surface area contributed by atoms with E-state index in [2.05, 4.69) is 0 Å². The number of esters is 1. The Balaban J connectivity index is 2.03. The van der Waals surface area contributed by atoms with Crippen LogP contribution in [-0.2, 0) is 9.53 Å². The molecule has 28 heavy (non-hydrogen) atoms. The maximum Gasteiger partial charge on any atom is 0.342 e. The maximum atomic E-state index is 12.8. The Bertz CT molecular complexity index is 811. The van der Waals surface area contributed by atoms with E-state index < -0.39 is 30.1 Å². The van der Waals surface area contributed by atoms with Gasteiger partial charge in [0.2, 0.25) is 0 Å². The van der Waals surface area contributed by atoms with Crippen LogP contribution < -0.4 is 4.74 Å². The molecule has 0 amide bonds. The highest BCUT2D eigenvalue weighted by Gasteiger charge is 2.31. The molecule has 1 aliphatic heterocycles. The highest BCUT2D eigenvalue weighted by Crippen LogP contribution is 2.34. The van der Waals surface area contributed by atoms with Crippen LogP contribution in [0, 0.1) is 5.92 Å². The fraction of sp³-hybridized carbons (Fsp3) is 0.429. The molecule has 0 aromatic heterocycles. The summed E-state index contributed by atoms with van der Waals surface area (Å²) in [5.41, 5.74) is 0.367. The van der Waals surface area contributed by atoms with Gasteiger partial charge in [-0.25, -0.2) is 4.79 Å². The third-order valence-corrected chi connectivity index (χ3v) is 5.16. The summed E-state index contributed by atoms with van der Waals surface area (Å²) in [7, 11) is 1.44. The number of ketones is 1. The molecule has 0 saturated heterocycles.